The van der Waals surface area contributed by atoms with Crippen LogP contribution in [0.1, 0.15) is 61.6 Å². The van der Waals surface area contributed by atoms with E-state index in [4.69, 9.17) is 26.3 Å². The highest BCUT2D eigenvalue weighted by Gasteiger charge is 2.39. The van der Waals surface area contributed by atoms with Crippen molar-refractivity contribution in [2.75, 3.05) is 0 Å². The van der Waals surface area contributed by atoms with Crippen molar-refractivity contribution in [1.82, 2.24) is 4.57 Å². The molecule has 0 saturated heterocycles. The summed E-state index contributed by atoms with van der Waals surface area (Å²) in [7, 11) is 0. The van der Waals surface area contributed by atoms with Gasteiger partial charge >= 0.3 is 6.18 Å². The van der Waals surface area contributed by atoms with Gasteiger partial charge in [0.15, 0.2) is 22.7 Å². The topological polar surface area (TPSA) is 165 Å². The van der Waals surface area contributed by atoms with Gasteiger partial charge in [0.1, 0.15) is 6.07 Å². The van der Waals surface area contributed by atoms with Crippen molar-refractivity contribution >= 4 is 44.6 Å². The first-order valence-electron chi connectivity index (χ1n) is 26.0. The summed E-state index contributed by atoms with van der Waals surface area (Å²) >= 11 is 0. The van der Waals surface area contributed by atoms with Gasteiger partial charge < -0.3 is 4.57 Å². The lowest BCUT2D eigenvalue weighted by atomic mass is 9.80. The fraction of sp³-hybridized carbons (Fsp3) is 0.0278. The molecule has 1 aliphatic carbocycles. The highest BCUT2D eigenvalue weighted by molar-refractivity contribution is 6.12. The van der Waals surface area contributed by atoms with Crippen LogP contribution < -0.4 is 0 Å². The van der Waals surface area contributed by atoms with Gasteiger partial charge in [-0.05, 0) is 163 Å². The Bertz CT molecular complexity index is 5060. The number of rotatable bonds is 7. The molecular weight excluding hydrogens is 1080 g/mol. The number of nitriles is 6. The second-order valence-electron chi connectivity index (χ2n) is 20.1. The van der Waals surface area contributed by atoms with E-state index >= 15 is 13.2 Å². The van der Waals surface area contributed by atoms with Crippen molar-refractivity contribution in [1.29, 1.82) is 31.6 Å². The molecular formula is C72H30F3N11. The van der Waals surface area contributed by atoms with Crippen LogP contribution in [0.3, 0.4) is 0 Å². The molecule has 10 aromatic carbocycles. The molecule has 86 heavy (non-hydrogen) atoms. The Morgan fingerprint density at radius 2 is 0.849 bits per heavy atom. The van der Waals surface area contributed by atoms with Crippen LogP contribution in [0.2, 0.25) is 0 Å². The molecule has 12 rings (SSSR count). The predicted octanol–water partition coefficient (Wildman–Crippen LogP) is 18.7. The van der Waals surface area contributed by atoms with E-state index < -0.39 is 23.2 Å². The van der Waals surface area contributed by atoms with Crippen LogP contribution in [0.15, 0.2) is 176 Å². The van der Waals surface area contributed by atoms with Gasteiger partial charge in [-0.3, -0.25) is 0 Å². The van der Waals surface area contributed by atoms with E-state index in [1.165, 1.54) is 42.5 Å². The van der Waals surface area contributed by atoms with Crippen molar-refractivity contribution < 1.29 is 13.2 Å². The van der Waals surface area contributed by atoms with Crippen molar-refractivity contribution in [3.8, 4) is 109 Å². The lowest BCUT2D eigenvalue weighted by molar-refractivity contribution is -0.137. The molecule has 0 bridgehead atoms. The summed E-state index contributed by atoms with van der Waals surface area (Å²) in [6.07, 6.45) is -5.00. The fourth-order valence-corrected chi connectivity index (χ4v) is 11.8. The van der Waals surface area contributed by atoms with Gasteiger partial charge in [-0.25, -0.2) is 19.4 Å². The molecule has 0 N–H and O–H groups in total. The van der Waals surface area contributed by atoms with E-state index in [-0.39, 0.29) is 72.9 Å². The Hall–Kier alpha value is -13.3. The molecule has 11 nitrogen and oxygen atoms in total. The van der Waals surface area contributed by atoms with Crippen molar-refractivity contribution in [3.63, 3.8) is 0 Å². The van der Waals surface area contributed by atoms with E-state index in [0.717, 1.165) is 6.07 Å². The van der Waals surface area contributed by atoms with Gasteiger partial charge in [-0.2, -0.15) is 44.7 Å². The SMILES string of the molecule is [C-]#[N+]c1ccc(-c2ccc3c(c2)-c2cc(-c4ccc([N+]#[C-])cc4[N+]#[C-])ccc2C3c2cc(C#N)c(-n3c4ccc(-c5ccc(C#N)cc5C#N)cc4c4cc(-c5ccc(C#N)cc5C#N)ccc43)cc2-c2c(C#N)cccc2C(F)(F)F)c([N+]#[C-])c1. The number of fused-ring (bicyclic) bond motifs is 6. The predicted molar refractivity (Wildman–Crippen MR) is 319 cm³/mol. The fourth-order valence-electron chi connectivity index (χ4n) is 11.8. The molecule has 11 aromatic rings. The minimum absolute atomic E-state index is 0.0220. The molecule has 0 amide bonds. The summed E-state index contributed by atoms with van der Waals surface area (Å²) in [5.41, 5.74) is 8.32. The number of halogens is 3. The lowest BCUT2D eigenvalue weighted by Crippen LogP contribution is -2.12. The number of alkyl halides is 3. The van der Waals surface area contributed by atoms with Crippen LogP contribution in [-0.4, -0.2) is 4.57 Å². The second-order valence-corrected chi connectivity index (χ2v) is 20.1. The lowest BCUT2D eigenvalue weighted by Gasteiger charge is -2.24. The van der Waals surface area contributed by atoms with E-state index in [1.807, 2.05) is 42.5 Å². The maximum absolute atomic E-state index is 15.8. The van der Waals surface area contributed by atoms with E-state index in [2.05, 4.69) is 49.7 Å². The molecule has 0 atom stereocenters. The van der Waals surface area contributed by atoms with Crippen LogP contribution in [0, 0.1) is 94.3 Å². The van der Waals surface area contributed by atoms with E-state index in [0.29, 0.717) is 88.6 Å². The first kappa shape index (κ1) is 53.3. The van der Waals surface area contributed by atoms with Gasteiger partial charge in [0.05, 0.1) is 112 Å². The minimum atomic E-state index is -5.00. The number of hydrogen-bond acceptors (Lipinski definition) is 6. The van der Waals surface area contributed by atoms with Crippen molar-refractivity contribution in [2.24, 2.45) is 0 Å². The number of hydrogen-bond donors (Lipinski definition) is 0. The van der Waals surface area contributed by atoms with Crippen LogP contribution >= 0.6 is 0 Å². The summed E-state index contributed by atoms with van der Waals surface area (Å²) < 4.78 is 49.3. The molecule has 0 aliphatic heterocycles. The molecule has 14 heteroatoms. The average Bonchev–Trinajstić information content (AvgIpc) is 1.82. The first-order valence-corrected chi connectivity index (χ1v) is 26.0. The van der Waals surface area contributed by atoms with Crippen LogP contribution in [0.25, 0.3) is 114 Å². The molecule has 0 spiro atoms. The quantitative estimate of drug-likeness (QED) is 0.144. The summed E-state index contributed by atoms with van der Waals surface area (Å²) in [6, 6.07) is 60.2. The Morgan fingerprint density at radius 3 is 1.29 bits per heavy atom. The smallest absolute Gasteiger partial charge is 0.308 e. The van der Waals surface area contributed by atoms with Gasteiger partial charge in [-0.15, -0.1) is 0 Å². The zero-order valence-corrected chi connectivity index (χ0v) is 44.4. The van der Waals surface area contributed by atoms with E-state index in [1.54, 1.807) is 95.6 Å². The zero-order chi connectivity index (χ0) is 60.1. The number of benzene rings is 10. The van der Waals surface area contributed by atoms with Gasteiger partial charge in [-0.1, -0.05) is 91.0 Å². The highest BCUT2D eigenvalue weighted by Crippen LogP contribution is 2.55. The standard InChI is InChI=1S/C72H30F3N11/c1-82-50-14-20-54(65(31-50)84-3)44-10-18-56-58(26-44)59-27-45(55-21-15-51(83-2)32-66(55)85-4)11-19-57(59)71(56)62-30-49(39-81)69(33-63(62)70-46(36-78)6-5-7-64(70)72(73,74)75)86-67-22-12-42(52-16-8-40(34-76)24-47(52)37-79)28-60(67)61-29-43(13-23-68(61)86)53-17-9-41(35-77)25-48(53)38-80/h5-33,71H. The molecule has 0 unspecified atom stereocenters. The molecule has 0 saturated carbocycles. The van der Waals surface area contributed by atoms with Crippen LogP contribution in [0.4, 0.5) is 35.9 Å². The van der Waals surface area contributed by atoms with Crippen LogP contribution in [0.5, 0.6) is 0 Å². The molecule has 1 aliphatic rings. The summed E-state index contributed by atoms with van der Waals surface area (Å²) in [4.78, 5) is 14.5. The maximum atomic E-state index is 15.8. The Labute approximate surface area is 489 Å². The Morgan fingerprint density at radius 1 is 0.384 bits per heavy atom. The van der Waals surface area contributed by atoms with Gasteiger partial charge in [0.25, 0.3) is 0 Å². The third-order valence-electron chi connectivity index (χ3n) is 15.6. The number of aromatic nitrogens is 1. The van der Waals surface area contributed by atoms with Crippen molar-refractivity contribution in [2.45, 2.75) is 12.1 Å². The second kappa shape index (κ2) is 21.0. The third-order valence-corrected chi connectivity index (χ3v) is 15.6. The molecule has 0 fully saturated rings. The minimum Gasteiger partial charge on any atom is -0.308 e. The monoisotopic (exact) mass is 1110 g/mol. The zero-order valence-electron chi connectivity index (χ0n) is 44.4. The maximum Gasteiger partial charge on any atom is 0.417 e. The molecule has 1 heterocycles. The number of nitrogens with zero attached hydrogens (tertiary/aromatic N) is 11. The van der Waals surface area contributed by atoms with Crippen LogP contribution in [-0.2, 0) is 6.18 Å². The largest absolute Gasteiger partial charge is 0.417 e. The highest BCUT2D eigenvalue weighted by atomic mass is 19.4. The van der Waals surface area contributed by atoms with Crippen molar-refractivity contribution in [3.05, 3.63) is 277 Å². The van der Waals surface area contributed by atoms with Gasteiger partial charge in [0, 0.05) is 22.3 Å². The normalized spacial score (nSPS) is 11.3. The molecule has 1 aromatic heterocycles. The summed E-state index contributed by atoms with van der Waals surface area (Å²) in [5, 5.41) is 63.6. The average molecular weight is 1110 g/mol. The van der Waals surface area contributed by atoms with Gasteiger partial charge in [0.2, 0.25) is 0 Å². The Balaban J connectivity index is 1.18. The summed E-state index contributed by atoms with van der Waals surface area (Å²) in [6.45, 7) is 31.3. The van der Waals surface area contributed by atoms with E-state index in [9.17, 15) is 31.6 Å². The first-order chi connectivity index (χ1) is 41.8. The third kappa shape index (κ3) is 8.70. The summed E-state index contributed by atoms with van der Waals surface area (Å²) in [5.74, 6) is -0.923. The Kier molecular flexibility index (Phi) is 13.0. The molecule has 0 radical (unpaired) electrons. The molecule has 394 valence electrons.